The summed E-state index contributed by atoms with van der Waals surface area (Å²) in [5.74, 6) is -0.182. The molecule has 1 atom stereocenters. The van der Waals surface area contributed by atoms with Gasteiger partial charge in [0.2, 0.25) is 5.91 Å². The fraction of sp³-hybridized carbons (Fsp3) is 0.364. The molecule has 8 heteroatoms. The molecule has 1 unspecified atom stereocenters. The third-order valence-corrected chi connectivity index (χ3v) is 5.22. The number of ether oxygens (including phenoxy) is 1. The van der Waals surface area contributed by atoms with Gasteiger partial charge in [-0.1, -0.05) is 51.3 Å². The zero-order valence-corrected chi connectivity index (χ0v) is 20.4. The number of hydrogen-bond acceptors (Lipinski definition) is 3. The summed E-state index contributed by atoms with van der Waals surface area (Å²) in [6, 6.07) is 11.6. The van der Waals surface area contributed by atoms with Crippen molar-refractivity contribution in [1.29, 1.82) is 0 Å². The van der Waals surface area contributed by atoms with Crippen LogP contribution >= 0.6 is 39.1 Å². The van der Waals surface area contributed by atoms with Gasteiger partial charge >= 0.3 is 0 Å². The van der Waals surface area contributed by atoms with Crippen molar-refractivity contribution in [3.63, 3.8) is 0 Å². The molecule has 0 aliphatic carbocycles. The van der Waals surface area contributed by atoms with Crippen molar-refractivity contribution in [2.24, 2.45) is 0 Å². The predicted molar refractivity (Wildman–Crippen MR) is 124 cm³/mol. The quantitative estimate of drug-likeness (QED) is 0.532. The van der Waals surface area contributed by atoms with Gasteiger partial charge in [0, 0.05) is 21.6 Å². The molecule has 1 N–H and O–H groups in total. The van der Waals surface area contributed by atoms with E-state index in [9.17, 15) is 9.59 Å². The number of hydrogen-bond donors (Lipinski definition) is 1. The Morgan fingerprint density at radius 1 is 1.13 bits per heavy atom. The summed E-state index contributed by atoms with van der Waals surface area (Å²) in [4.78, 5) is 27.2. The Morgan fingerprint density at radius 2 is 1.77 bits per heavy atom. The normalized spacial score (nSPS) is 12.2. The summed E-state index contributed by atoms with van der Waals surface area (Å²) in [6.45, 7) is 7.36. The minimum absolute atomic E-state index is 0.242. The summed E-state index contributed by atoms with van der Waals surface area (Å²) < 4.78 is 6.43. The van der Waals surface area contributed by atoms with Crippen LogP contribution in [-0.4, -0.2) is 34.9 Å². The molecule has 0 saturated carbocycles. The van der Waals surface area contributed by atoms with E-state index in [2.05, 4.69) is 21.2 Å². The van der Waals surface area contributed by atoms with Crippen LogP contribution in [0.1, 0.15) is 33.3 Å². The van der Waals surface area contributed by atoms with Gasteiger partial charge in [-0.2, -0.15) is 0 Å². The third-order valence-electron chi connectivity index (χ3n) is 4.18. The van der Waals surface area contributed by atoms with E-state index >= 15 is 0 Å². The van der Waals surface area contributed by atoms with Gasteiger partial charge in [-0.25, -0.2) is 0 Å². The molecule has 0 aliphatic rings. The van der Waals surface area contributed by atoms with E-state index in [-0.39, 0.29) is 25.0 Å². The molecule has 0 radical (unpaired) electrons. The lowest BCUT2D eigenvalue weighted by Crippen LogP contribution is -2.53. The average Bonchev–Trinajstić information content (AvgIpc) is 2.64. The number of amides is 2. The fourth-order valence-corrected chi connectivity index (χ4v) is 3.51. The maximum atomic E-state index is 13.0. The highest BCUT2D eigenvalue weighted by molar-refractivity contribution is 9.10. The summed E-state index contributed by atoms with van der Waals surface area (Å²) in [7, 11) is 0. The molecular formula is C22H25BrCl2N2O3. The average molecular weight is 516 g/mol. The van der Waals surface area contributed by atoms with Gasteiger partial charge in [0.1, 0.15) is 11.8 Å². The zero-order chi connectivity index (χ0) is 22.5. The van der Waals surface area contributed by atoms with Crippen LogP contribution in [-0.2, 0) is 16.1 Å². The van der Waals surface area contributed by atoms with Crippen molar-refractivity contribution < 1.29 is 14.3 Å². The van der Waals surface area contributed by atoms with E-state index in [1.807, 2.05) is 32.9 Å². The van der Waals surface area contributed by atoms with Crippen molar-refractivity contribution in [2.45, 2.75) is 45.8 Å². The van der Waals surface area contributed by atoms with Crippen molar-refractivity contribution >= 4 is 50.9 Å². The van der Waals surface area contributed by atoms with Crippen LogP contribution in [0.4, 0.5) is 0 Å². The maximum absolute atomic E-state index is 13.0. The van der Waals surface area contributed by atoms with Gasteiger partial charge in [-0.05, 0) is 63.6 Å². The first-order valence-corrected chi connectivity index (χ1v) is 10.9. The van der Waals surface area contributed by atoms with Crippen LogP contribution < -0.4 is 10.1 Å². The van der Waals surface area contributed by atoms with E-state index in [0.717, 1.165) is 10.0 Å². The summed E-state index contributed by atoms with van der Waals surface area (Å²) >= 11 is 15.5. The Morgan fingerprint density at radius 3 is 2.33 bits per heavy atom. The van der Waals surface area contributed by atoms with Crippen LogP contribution in [0.3, 0.4) is 0 Å². The number of carbonyl (C=O) groups is 2. The molecule has 5 nitrogen and oxygen atoms in total. The van der Waals surface area contributed by atoms with E-state index in [1.54, 1.807) is 37.3 Å². The highest BCUT2D eigenvalue weighted by Crippen LogP contribution is 2.27. The number of halogens is 3. The molecule has 2 amide bonds. The van der Waals surface area contributed by atoms with Crippen LogP contribution in [0.25, 0.3) is 0 Å². The molecule has 0 aromatic heterocycles. The minimum atomic E-state index is -0.698. The van der Waals surface area contributed by atoms with E-state index in [1.165, 1.54) is 4.90 Å². The highest BCUT2D eigenvalue weighted by atomic mass is 79.9. The van der Waals surface area contributed by atoms with Crippen LogP contribution in [0.15, 0.2) is 46.9 Å². The molecule has 162 valence electrons. The fourth-order valence-electron chi connectivity index (χ4n) is 2.66. The summed E-state index contributed by atoms with van der Waals surface area (Å²) in [5, 5.41) is 3.91. The molecular weight excluding hydrogens is 491 g/mol. The Kier molecular flexibility index (Phi) is 8.59. The highest BCUT2D eigenvalue weighted by Gasteiger charge is 2.28. The van der Waals surface area contributed by atoms with Gasteiger partial charge in [-0.15, -0.1) is 0 Å². The molecule has 0 saturated heterocycles. The summed E-state index contributed by atoms with van der Waals surface area (Å²) in [5.41, 5.74) is 0.437. The van der Waals surface area contributed by atoms with Crippen molar-refractivity contribution in [1.82, 2.24) is 10.2 Å². The first-order valence-electron chi connectivity index (χ1n) is 9.40. The zero-order valence-electron chi connectivity index (χ0n) is 17.3. The molecule has 0 bridgehead atoms. The van der Waals surface area contributed by atoms with E-state index < -0.39 is 11.6 Å². The molecule has 2 rings (SSSR count). The van der Waals surface area contributed by atoms with Gasteiger partial charge in [0.25, 0.3) is 5.91 Å². The third kappa shape index (κ3) is 7.49. The van der Waals surface area contributed by atoms with Crippen LogP contribution in [0, 0.1) is 0 Å². The maximum Gasteiger partial charge on any atom is 0.261 e. The number of nitrogens with zero attached hydrogens (tertiary/aromatic N) is 1. The van der Waals surface area contributed by atoms with E-state index in [4.69, 9.17) is 27.9 Å². The Balaban J connectivity index is 2.18. The minimum Gasteiger partial charge on any atom is -0.482 e. The molecule has 2 aromatic rings. The smallest absolute Gasteiger partial charge is 0.261 e. The SMILES string of the molecule is CC(C(=O)NC(C)(C)C)N(Cc1ccc(Cl)cc1)C(=O)COc1ccc(Br)cc1Cl. The second-order valence-corrected chi connectivity index (χ2v) is 9.69. The van der Waals surface area contributed by atoms with Crippen LogP contribution in [0.2, 0.25) is 10.0 Å². The Bertz CT molecular complexity index is 898. The molecule has 0 spiro atoms. The number of nitrogens with one attached hydrogen (secondary N) is 1. The number of benzene rings is 2. The lowest BCUT2D eigenvalue weighted by Gasteiger charge is -2.31. The van der Waals surface area contributed by atoms with Gasteiger partial charge in [0.15, 0.2) is 6.61 Å². The number of rotatable bonds is 7. The number of carbonyl (C=O) groups excluding carboxylic acids is 2. The largest absolute Gasteiger partial charge is 0.482 e. The standard InChI is InChI=1S/C22H25BrCl2N2O3/c1-14(21(29)26-22(2,3)4)27(12-15-5-8-17(24)9-6-15)20(28)13-30-19-10-7-16(23)11-18(19)25/h5-11,14H,12-13H2,1-4H3,(H,26,29). The second-order valence-electron chi connectivity index (χ2n) is 7.93. The van der Waals surface area contributed by atoms with Gasteiger partial charge < -0.3 is 15.0 Å². The van der Waals surface area contributed by atoms with Crippen molar-refractivity contribution in [3.8, 4) is 5.75 Å². The lowest BCUT2D eigenvalue weighted by atomic mass is 10.1. The van der Waals surface area contributed by atoms with Crippen molar-refractivity contribution in [2.75, 3.05) is 6.61 Å². The first-order chi connectivity index (χ1) is 14.0. The topological polar surface area (TPSA) is 58.6 Å². The Labute approximate surface area is 195 Å². The lowest BCUT2D eigenvalue weighted by molar-refractivity contribution is -0.142. The second kappa shape index (κ2) is 10.5. The van der Waals surface area contributed by atoms with Gasteiger partial charge in [0.05, 0.1) is 5.02 Å². The van der Waals surface area contributed by atoms with Crippen molar-refractivity contribution in [3.05, 3.63) is 62.5 Å². The first kappa shape index (κ1) is 24.5. The summed E-state index contributed by atoms with van der Waals surface area (Å²) in [6.07, 6.45) is 0. The molecule has 30 heavy (non-hydrogen) atoms. The molecule has 0 aliphatic heterocycles. The Hall–Kier alpha value is -1.76. The molecule has 0 fully saturated rings. The molecule has 0 heterocycles. The monoisotopic (exact) mass is 514 g/mol. The van der Waals surface area contributed by atoms with Gasteiger partial charge in [-0.3, -0.25) is 9.59 Å². The van der Waals surface area contributed by atoms with E-state index in [0.29, 0.717) is 15.8 Å². The predicted octanol–water partition coefficient (Wildman–Crippen LogP) is 5.47. The van der Waals surface area contributed by atoms with Crippen LogP contribution in [0.5, 0.6) is 5.75 Å². The molecule has 2 aromatic carbocycles.